The minimum absolute atomic E-state index is 0.0386. The van der Waals surface area contributed by atoms with Gasteiger partial charge in [0.1, 0.15) is 15.6 Å². The van der Waals surface area contributed by atoms with Crippen LogP contribution in [0.1, 0.15) is 12.5 Å². The van der Waals surface area contributed by atoms with Crippen LogP contribution in [-0.2, 0) is 21.0 Å². The number of aliphatic imine (C=N–C) groups is 1. The van der Waals surface area contributed by atoms with E-state index in [0.29, 0.717) is 13.2 Å². The van der Waals surface area contributed by atoms with Crippen molar-refractivity contribution in [1.29, 1.82) is 0 Å². The molecule has 0 aliphatic carbocycles. The maximum absolute atomic E-state index is 11.0. The Morgan fingerprint density at radius 1 is 1.16 bits per heavy atom. The minimum atomic E-state index is -2.97. The lowest BCUT2D eigenvalue weighted by Gasteiger charge is -2.11. The molecule has 1 rings (SSSR count). The molecule has 0 unspecified atom stereocenters. The number of nitrogens with one attached hydrogen (secondary N) is 2. The van der Waals surface area contributed by atoms with Crippen molar-refractivity contribution in [3.63, 3.8) is 0 Å². The fourth-order valence-electron chi connectivity index (χ4n) is 1.99. The second-order valence-electron chi connectivity index (χ2n) is 5.53. The lowest BCUT2D eigenvalue weighted by Crippen LogP contribution is -2.38. The summed E-state index contributed by atoms with van der Waals surface area (Å²) in [6, 6.07) is 7.98. The third-order valence-electron chi connectivity index (χ3n) is 3.31. The van der Waals surface area contributed by atoms with Gasteiger partial charge in [0.25, 0.3) is 0 Å². The Hall–Kier alpha value is -1.80. The van der Waals surface area contributed by atoms with Crippen LogP contribution in [0.3, 0.4) is 0 Å². The minimum Gasteiger partial charge on any atom is -0.497 e. The van der Waals surface area contributed by atoms with Crippen molar-refractivity contribution in [3.8, 4) is 5.75 Å². The van der Waals surface area contributed by atoms with Gasteiger partial charge in [-0.1, -0.05) is 12.1 Å². The first kappa shape index (κ1) is 21.2. The number of benzene rings is 1. The maximum atomic E-state index is 11.0. The highest BCUT2D eigenvalue weighted by atomic mass is 32.2. The Morgan fingerprint density at radius 3 is 2.48 bits per heavy atom. The molecule has 142 valence electrons. The van der Waals surface area contributed by atoms with Crippen LogP contribution in [0.15, 0.2) is 29.3 Å². The highest BCUT2D eigenvalue weighted by molar-refractivity contribution is 7.90. The molecule has 0 radical (unpaired) electrons. The summed E-state index contributed by atoms with van der Waals surface area (Å²) in [5, 5.41) is 6.44. The second kappa shape index (κ2) is 11.7. The largest absolute Gasteiger partial charge is 0.497 e. The molecule has 25 heavy (non-hydrogen) atoms. The summed E-state index contributed by atoms with van der Waals surface area (Å²) in [4.78, 5) is 4.41. The Bertz CT molecular complexity index is 615. The predicted octanol–water partition coefficient (Wildman–Crippen LogP) is 0.854. The molecule has 0 amide bonds. The van der Waals surface area contributed by atoms with Gasteiger partial charge in [-0.15, -0.1) is 0 Å². The molecule has 1 aromatic rings. The molecule has 0 heterocycles. The molecule has 0 fully saturated rings. The monoisotopic (exact) mass is 371 g/mol. The first-order valence-corrected chi connectivity index (χ1v) is 10.4. The molecule has 0 bridgehead atoms. The maximum Gasteiger partial charge on any atom is 0.191 e. The van der Waals surface area contributed by atoms with Gasteiger partial charge in [0, 0.05) is 19.3 Å². The molecular formula is C17H29N3O4S. The Balaban J connectivity index is 2.29. The third-order valence-corrected chi connectivity index (χ3v) is 4.22. The van der Waals surface area contributed by atoms with E-state index in [9.17, 15) is 8.42 Å². The van der Waals surface area contributed by atoms with Crippen LogP contribution >= 0.6 is 0 Å². The van der Waals surface area contributed by atoms with Crippen LogP contribution in [0.4, 0.5) is 0 Å². The number of nitrogens with zero attached hydrogens (tertiary/aromatic N) is 1. The van der Waals surface area contributed by atoms with Gasteiger partial charge < -0.3 is 20.1 Å². The van der Waals surface area contributed by atoms with E-state index in [4.69, 9.17) is 9.47 Å². The topological polar surface area (TPSA) is 89.0 Å². The number of methoxy groups -OCH3 is 1. The molecule has 0 saturated heterocycles. The van der Waals surface area contributed by atoms with Crippen molar-refractivity contribution >= 4 is 15.8 Å². The first-order valence-electron chi connectivity index (χ1n) is 8.35. The summed E-state index contributed by atoms with van der Waals surface area (Å²) in [6.45, 7) is 4.60. The average molecular weight is 372 g/mol. The molecule has 0 saturated carbocycles. The number of hydrogen-bond acceptors (Lipinski definition) is 5. The number of ether oxygens (including phenoxy) is 2. The SMILES string of the molecule is CCNC(=NCCOCCS(C)(=O)=O)NCCc1ccc(OC)cc1. The molecule has 7 nitrogen and oxygen atoms in total. The molecular weight excluding hydrogens is 342 g/mol. The Kier molecular flexibility index (Phi) is 9.94. The normalized spacial score (nSPS) is 12.0. The zero-order valence-corrected chi connectivity index (χ0v) is 16.1. The van der Waals surface area contributed by atoms with E-state index in [-0.39, 0.29) is 12.4 Å². The van der Waals surface area contributed by atoms with E-state index in [0.717, 1.165) is 31.2 Å². The van der Waals surface area contributed by atoms with Gasteiger partial charge in [-0.25, -0.2) is 8.42 Å². The summed E-state index contributed by atoms with van der Waals surface area (Å²) >= 11 is 0. The Labute approximate surface area is 150 Å². The summed E-state index contributed by atoms with van der Waals surface area (Å²) in [7, 11) is -1.32. The highest BCUT2D eigenvalue weighted by Gasteiger charge is 2.01. The molecule has 1 aromatic carbocycles. The zero-order valence-electron chi connectivity index (χ0n) is 15.2. The fraction of sp³-hybridized carbons (Fsp3) is 0.588. The van der Waals surface area contributed by atoms with Crippen molar-refractivity contribution in [2.24, 2.45) is 4.99 Å². The van der Waals surface area contributed by atoms with Gasteiger partial charge in [-0.3, -0.25) is 4.99 Å². The van der Waals surface area contributed by atoms with Gasteiger partial charge in [-0.05, 0) is 31.0 Å². The summed E-state index contributed by atoms with van der Waals surface area (Å²) in [5.74, 6) is 1.61. The van der Waals surface area contributed by atoms with Crippen LogP contribution in [0.2, 0.25) is 0 Å². The van der Waals surface area contributed by atoms with Gasteiger partial charge in [0.2, 0.25) is 0 Å². The first-order chi connectivity index (χ1) is 11.9. The summed E-state index contributed by atoms with van der Waals surface area (Å²) in [5.41, 5.74) is 1.22. The third kappa shape index (κ3) is 10.6. The van der Waals surface area contributed by atoms with E-state index in [1.54, 1.807) is 7.11 Å². The number of sulfone groups is 1. The molecule has 0 aliphatic rings. The smallest absolute Gasteiger partial charge is 0.191 e. The van der Waals surface area contributed by atoms with Crippen molar-refractivity contribution < 1.29 is 17.9 Å². The van der Waals surface area contributed by atoms with Gasteiger partial charge in [-0.2, -0.15) is 0 Å². The highest BCUT2D eigenvalue weighted by Crippen LogP contribution is 2.11. The van der Waals surface area contributed by atoms with Crippen LogP contribution in [0.5, 0.6) is 5.75 Å². The van der Waals surface area contributed by atoms with Crippen LogP contribution in [0.25, 0.3) is 0 Å². The van der Waals surface area contributed by atoms with Crippen LogP contribution in [0, 0.1) is 0 Å². The van der Waals surface area contributed by atoms with E-state index in [1.165, 1.54) is 11.8 Å². The van der Waals surface area contributed by atoms with Gasteiger partial charge in [0.05, 0.1) is 32.6 Å². The summed E-state index contributed by atoms with van der Waals surface area (Å²) < 4.78 is 32.4. The van der Waals surface area contributed by atoms with Crippen molar-refractivity contribution in [3.05, 3.63) is 29.8 Å². The summed E-state index contributed by atoms with van der Waals surface area (Å²) in [6.07, 6.45) is 2.07. The lowest BCUT2D eigenvalue weighted by molar-refractivity contribution is 0.157. The van der Waals surface area contributed by atoms with Gasteiger partial charge in [0.15, 0.2) is 5.96 Å². The van der Waals surface area contributed by atoms with Crippen molar-refractivity contribution in [1.82, 2.24) is 10.6 Å². The van der Waals surface area contributed by atoms with E-state index in [2.05, 4.69) is 15.6 Å². The quantitative estimate of drug-likeness (QED) is 0.341. The molecule has 8 heteroatoms. The van der Waals surface area contributed by atoms with Crippen LogP contribution in [-0.4, -0.2) is 66.3 Å². The lowest BCUT2D eigenvalue weighted by atomic mass is 10.1. The van der Waals surface area contributed by atoms with Crippen molar-refractivity contribution in [2.75, 3.05) is 52.0 Å². The standard InChI is InChI=1S/C17H29N3O4S/c1-4-18-17(20-11-12-24-13-14-25(3,21)22)19-10-9-15-5-7-16(23-2)8-6-15/h5-8H,4,9-14H2,1-3H3,(H2,18,19,20). The average Bonchev–Trinajstić information content (AvgIpc) is 2.57. The van der Waals surface area contributed by atoms with Crippen LogP contribution < -0.4 is 15.4 Å². The second-order valence-corrected chi connectivity index (χ2v) is 7.79. The van der Waals surface area contributed by atoms with E-state index >= 15 is 0 Å². The Morgan fingerprint density at radius 2 is 1.88 bits per heavy atom. The molecule has 0 aliphatic heterocycles. The number of rotatable bonds is 11. The van der Waals surface area contributed by atoms with Gasteiger partial charge >= 0.3 is 0 Å². The zero-order chi connectivity index (χ0) is 18.5. The molecule has 0 spiro atoms. The van der Waals surface area contributed by atoms with Crippen molar-refractivity contribution in [2.45, 2.75) is 13.3 Å². The number of hydrogen-bond donors (Lipinski definition) is 2. The molecule has 0 aromatic heterocycles. The molecule has 2 N–H and O–H groups in total. The molecule has 0 atom stereocenters. The van der Waals surface area contributed by atoms with E-state index < -0.39 is 9.84 Å². The number of guanidine groups is 1. The fourth-order valence-corrected chi connectivity index (χ4v) is 2.41. The van der Waals surface area contributed by atoms with E-state index in [1.807, 2.05) is 31.2 Å². The predicted molar refractivity (Wildman–Crippen MR) is 101 cm³/mol.